The Morgan fingerprint density at radius 2 is 1.55 bits per heavy atom. The van der Waals surface area contributed by atoms with Crippen LogP contribution in [0.5, 0.6) is 0 Å². The van der Waals surface area contributed by atoms with Crippen LogP contribution >= 0.6 is 0 Å². The maximum atomic E-state index is 12.2. The fourth-order valence-electron chi connectivity index (χ4n) is 1.98. The van der Waals surface area contributed by atoms with Crippen LogP contribution in [0.15, 0.2) is 54.6 Å². The summed E-state index contributed by atoms with van der Waals surface area (Å²) >= 11 is 0. The summed E-state index contributed by atoms with van der Waals surface area (Å²) < 4.78 is 44.7. The summed E-state index contributed by atoms with van der Waals surface area (Å²) in [5.41, 5.74) is 2.51. The smallest absolute Gasteiger partial charge is 0.437 e. The van der Waals surface area contributed by atoms with E-state index in [1.54, 1.807) is 24.3 Å². The Labute approximate surface area is 125 Å². The predicted octanol–water partition coefficient (Wildman–Crippen LogP) is 3.93. The average molecular weight is 310 g/mol. The molecule has 0 spiro atoms. The molecule has 0 radical (unpaired) electrons. The van der Waals surface area contributed by atoms with Crippen molar-refractivity contribution in [2.24, 2.45) is 0 Å². The van der Waals surface area contributed by atoms with E-state index in [0.29, 0.717) is 5.56 Å². The molecule has 0 aromatic heterocycles. The molecule has 6 heteroatoms. The number of halogens is 3. The molecule has 0 aliphatic heterocycles. The van der Waals surface area contributed by atoms with Gasteiger partial charge in [-0.05, 0) is 16.7 Å². The van der Waals surface area contributed by atoms with E-state index in [1.165, 1.54) is 0 Å². The summed E-state index contributed by atoms with van der Waals surface area (Å²) in [7, 11) is 0. The first-order valence-corrected chi connectivity index (χ1v) is 6.46. The van der Waals surface area contributed by atoms with Crippen molar-refractivity contribution < 1.29 is 27.4 Å². The molecular formula is C16H13F3O3. The average Bonchev–Trinajstić information content (AvgIpc) is 2.47. The van der Waals surface area contributed by atoms with Crippen molar-refractivity contribution in [2.45, 2.75) is 19.1 Å². The normalized spacial score (nSPS) is 12.7. The van der Waals surface area contributed by atoms with Crippen LogP contribution in [0.3, 0.4) is 0 Å². The number of rotatable bonds is 6. The lowest BCUT2D eigenvalue weighted by Crippen LogP contribution is -2.27. The molecule has 22 heavy (non-hydrogen) atoms. The zero-order valence-electron chi connectivity index (χ0n) is 11.4. The zero-order chi connectivity index (χ0) is 16.0. The van der Waals surface area contributed by atoms with E-state index < -0.39 is 12.7 Å². The van der Waals surface area contributed by atoms with Gasteiger partial charge in [0.15, 0.2) is 0 Å². The highest BCUT2D eigenvalue weighted by Gasteiger charge is 2.34. The van der Waals surface area contributed by atoms with Crippen LogP contribution in [-0.2, 0) is 20.7 Å². The molecule has 0 saturated heterocycles. The second-order valence-corrected chi connectivity index (χ2v) is 4.49. The number of hydrogen-bond donors (Lipinski definition) is 0. The van der Waals surface area contributed by atoms with Gasteiger partial charge in [0.05, 0.1) is 0 Å². The third-order valence-electron chi connectivity index (χ3n) is 2.94. The summed E-state index contributed by atoms with van der Waals surface area (Å²) in [5.74, 6) is 0. The summed E-state index contributed by atoms with van der Waals surface area (Å²) in [6, 6.07) is 16.5. The highest BCUT2D eigenvalue weighted by Crippen LogP contribution is 2.23. The van der Waals surface area contributed by atoms with Crippen LogP contribution in [0, 0.1) is 0 Å². The second-order valence-electron chi connectivity index (χ2n) is 4.49. The van der Waals surface area contributed by atoms with Crippen LogP contribution in [0.1, 0.15) is 5.56 Å². The van der Waals surface area contributed by atoms with Gasteiger partial charge in [0, 0.05) is 6.42 Å². The van der Waals surface area contributed by atoms with Gasteiger partial charge in [-0.15, -0.1) is 13.2 Å². The van der Waals surface area contributed by atoms with Crippen molar-refractivity contribution in [3.8, 4) is 11.1 Å². The molecule has 2 rings (SSSR count). The molecule has 3 nitrogen and oxygen atoms in total. The quantitative estimate of drug-likeness (QED) is 0.599. The maximum absolute atomic E-state index is 12.2. The Bertz CT molecular complexity index is 594. The van der Waals surface area contributed by atoms with Crippen LogP contribution in [0.25, 0.3) is 11.1 Å². The summed E-state index contributed by atoms with van der Waals surface area (Å²) in [6.07, 6.45) is -6.74. The van der Waals surface area contributed by atoms with Crippen LogP contribution < -0.4 is 0 Å². The van der Waals surface area contributed by atoms with Crippen molar-refractivity contribution in [1.29, 1.82) is 0 Å². The highest BCUT2D eigenvalue weighted by molar-refractivity contribution is 5.63. The van der Waals surface area contributed by atoms with Crippen LogP contribution in [0.4, 0.5) is 13.2 Å². The standard InChI is InChI=1S/C16H13F3O3/c17-16(18,19)22-15(21-11-20)10-12-6-8-14(9-7-12)13-4-2-1-3-5-13/h1-9,11,15H,10H2. The van der Waals surface area contributed by atoms with Crippen LogP contribution in [0.2, 0.25) is 0 Å². The van der Waals surface area contributed by atoms with E-state index in [-0.39, 0.29) is 12.9 Å². The number of carbonyl (C=O) groups excluding carboxylic acids is 1. The number of hydrogen-bond acceptors (Lipinski definition) is 3. The molecule has 0 aliphatic carbocycles. The monoisotopic (exact) mass is 310 g/mol. The summed E-state index contributed by atoms with van der Waals surface area (Å²) in [4.78, 5) is 10.3. The van der Waals surface area contributed by atoms with Crippen molar-refractivity contribution in [2.75, 3.05) is 0 Å². The highest BCUT2D eigenvalue weighted by atomic mass is 19.4. The minimum atomic E-state index is -4.86. The van der Waals surface area contributed by atoms with Crippen molar-refractivity contribution in [3.05, 3.63) is 60.2 Å². The van der Waals surface area contributed by atoms with E-state index in [0.717, 1.165) is 11.1 Å². The van der Waals surface area contributed by atoms with E-state index in [1.807, 2.05) is 30.3 Å². The molecule has 116 valence electrons. The summed E-state index contributed by atoms with van der Waals surface area (Å²) in [6.45, 7) is -0.0608. The van der Waals surface area contributed by atoms with Gasteiger partial charge < -0.3 is 4.74 Å². The third kappa shape index (κ3) is 4.89. The molecule has 2 aromatic rings. The first-order chi connectivity index (χ1) is 10.5. The molecule has 0 N–H and O–H groups in total. The minimum absolute atomic E-state index is 0.0608. The maximum Gasteiger partial charge on any atom is 0.525 e. The van der Waals surface area contributed by atoms with E-state index in [9.17, 15) is 18.0 Å². The van der Waals surface area contributed by atoms with Gasteiger partial charge in [-0.25, -0.2) is 0 Å². The Morgan fingerprint density at radius 3 is 2.09 bits per heavy atom. The Balaban J connectivity index is 2.07. The fraction of sp³-hybridized carbons (Fsp3) is 0.188. The molecule has 2 aromatic carbocycles. The molecule has 0 amide bonds. The Morgan fingerprint density at radius 1 is 0.955 bits per heavy atom. The minimum Gasteiger partial charge on any atom is -0.437 e. The van der Waals surface area contributed by atoms with Gasteiger partial charge in [0.25, 0.3) is 6.47 Å². The summed E-state index contributed by atoms with van der Waals surface area (Å²) in [5, 5.41) is 0. The SMILES string of the molecule is O=COC(Cc1ccc(-c2ccccc2)cc1)OC(F)(F)F. The van der Waals surface area contributed by atoms with Crippen molar-refractivity contribution in [1.82, 2.24) is 0 Å². The van der Waals surface area contributed by atoms with E-state index in [4.69, 9.17) is 0 Å². The van der Waals surface area contributed by atoms with Gasteiger partial charge >= 0.3 is 6.36 Å². The lowest BCUT2D eigenvalue weighted by atomic mass is 10.0. The van der Waals surface area contributed by atoms with Gasteiger partial charge in [-0.2, -0.15) is 0 Å². The van der Waals surface area contributed by atoms with Crippen molar-refractivity contribution >= 4 is 6.47 Å². The van der Waals surface area contributed by atoms with Gasteiger partial charge in [0.2, 0.25) is 6.29 Å². The molecule has 0 fully saturated rings. The molecule has 1 unspecified atom stereocenters. The third-order valence-corrected chi connectivity index (χ3v) is 2.94. The first kappa shape index (κ1) is 16.0. The fourth-order valence-corrected chi connectivity index (χ4v) is 1.98. The lowest BCUT2D eigenvalue weighted by Gasteiger charge is -2.17. The topological polar surface area (TPSA) is 35.5 Å². The second kappa shape index (κ2) is 7.09. The zero-order valence-corrected chi connectivity index (χ0v) is 11.4. The van der Waals surface area contributed by atoms with Crippen LogP contribution in [-0.4, -0.2) is 19.1 Å². The van der Waals surface area contributed by atoms with Crippen molar-refractivity contribution in [3.63, 3.8) is 0 Å². The van der Waals surface area contributed by atoms with E-state index in [2.05, 4.69) is 9.47 Å². The molecular weight excluding hydrogens is 297 g/mol. The van der Waals surface area contributed by atoms with Gasteiger partial charge in [0.1, 0.15) is 0 Å². The number of alkyl halides is 3. The largest absolute Gasteiger partial charge is 0.525 e. The predicted molar refractivity (Wildman–Crippen MR) is 73.7 cm³/mol. The first-order valence-electron chi connectivity index (χ1n) is 6.46. The molecule has 0 aliphatic rings. The number of carbonyl (C=O) groups is 1. The van der Waals surface area contributed by atoms with Gasteiger partial charge in [-0.3, -0.25) is 9.53 Å². The molecule has 1 atom stereocenters. The number of ether oxygens (including phenoxy) is 2. The van der Waals surface area contributed by atoms with Gasteiger partial charge in [-0.1, -0.05) is 54.6 Å². The molecule has 0 heterocycles. The Kier molecular flexibility index (Phi) is 5.16. The lowest BCUT2D eigenvalue weighted by molar-refractivity contribution is -0.370. The Hall–Kier alpha value is -2.34. The molecule has 0 bridgehead atoms. The molecule has 0 saturated carbocycles. The van der Waals surface area contributed by atoms with E-state index >= 15 is 0 Å². The number of benzene rings is 2.